The zero-order valence-electron chi connectivity index (χ0n) is 18.0. The van der Waals surface area contributed by atoms with Crippen molar-refractivity contribution in [2.45, 2.75) is 58.5 Å². The first-order valence-electron chi connectivity index (χ1n) is 10.4. The molecule has 0 bridgehead atoms. The first kappa shape index (κ1) is 23.4. The lowest BCUT2D eigenvalue weighted by Crippen LogP contribution is -2.43. The molecule has 1 aliphatic heterocycles. The van der Waals surface area contributed by atoms with E-state index in [0.29, 0.717) is 12.2 Å². The van der Waals surface area contributed by atoms with Crippen molar-refractivity contribution in [3.63, 3.8) is 0 Å². The van der Waals surface area contributed by atoms with Gasteiger partial charge in [-0.25, -0.2) is 14.2 Å². The van der Waals surface area contributed by atoms with E-state index in [1.54, 1.807) is 30.3 Å². The molecule has 2 heterocycles. The molecule has 1 aromatic carbocycles. The highest BCUT2D eigenvalue weighted by molar-refractivity contribution is 5.89. The summed E-state index contributed by atoms with van der Waals surface area (Å²) in [6.07, 6.45) is -0.0459. The molecule has 172 valence electrons. The third-order valence-electron chi connectivity index (χ3n) is 4.83. The third-order valence-corrected chi connectivity index (χ3v) is 4.83. The van der Waals surface area contributed by atoms with Gasteiger partial charge in [0.05, 0.1) is 12.0 Å². The van der Waals surface area contributed by atoms with Crippen molar-refractivity contribution in [2.75, 3.05) is 6.61 Å². The Balaban J connectivity index is 1.86. The largest absolute Gasteiger partial charge is 0.454 e. The van der Waals surface area contributed by atoms with Crippen molar-refractivity contribution in [1.29, 1.82) is 0 Å². The number of esters is 2. The highest BCUT2D eigenvalue weighted by atomic mass is 16.7. The topological polar surface area (TPSA) is 115 Å². The van der Waals surface area contributed by atoms with Gasteiger partial charge in [-0.15, -0.1) is 0 Å². The summed E-state index contributed by atoms with van der Waals surface area (Å²) in [6.45, 7) is 3.41. The van der Waals surface area contributed by atoms with E-state index in [2.05, 4.69) is 0 Å². The molecule has 0 aliphatic carbocycles. The van der Waals surface area contributed by atoms with E-state index < -0.39 is 41.8 Å². The van der Waals surface area contributed by atoms with Crippen molar-refractivity contribution in [2.24, 2.45) is 0 Å². The second kappa shape index (κ2) is 10.9. The minimum atomic E-state index is -1.10. The van der Waals surface area contributed by atoms with Crippen LogP contribution in [0.3, 0.4) is 0 Å². The molecular formula is C22H26N2O8. The molecule has 10 nitrogen and oxygen atoms in total. The van der Waals surface area contributed by atoms with Crippen LogP contribution in [-0.2, 0) is 30.5 Å². The third kappa shape index (κ3) is 5.71. The van der Waals surface area contributed by atoms with E-state index in [4.69, 9.17) is 18.9 Å². The van der Waals surface area contributed by atoms with Gasteiger partial charge in [-0.3, -0.25) is 14.2 Å². The Morgan fingerprint density at radius 1 is 1.12 bits per heavy atom. The molecule has 0 amide bonds. The number of aromatic nitrogens is 2. The molecule has 1 saturated heterocycles. The number of nitrogens with zero attached hydrogens (tertiary/aromatic N) is 2. The van der Waals surface area contributed by atoms with Crippen LogP contribution in [0.5, 0.6) is 0 Å². The van der Waals surface area contributed by atoms with E-state index in [-0.39, 0.29) is 13.2 Å². The molecule has 3 rings (SSSR count). The minimum absolute atomic E-state index is 0.0292. The summed E-state index contributed by atoms with van der Waals surface area (Å²) < 4.78 is 23.9. The summed E-state index contributed by atoms with van der Waals surface area (Å²) in [4.78, 5) is 49.1. The number of hydrogen-bond donors (Lipinski definition) is 0. The number of carbonyl (C=O) groups is 2. The number of hydrogen-bond acceptors (Lipinski definition) is 8. The molecule has 0 radical (unpaired) electrons. The van der Waals surface area contributed by atoms with Crippen molar-refractivity contribution < 1.29 is 28.5 Å². The van der Waals surface area contributed by atoms with Crippen LogP contribution in [-0.4, -0.2) is 40.1 Å². The van der Waals surface area contributed by atoms with Crippen molar-refractivity contribution >= 4 is 11.9 Å². The first-order valence-corrected chi connectivity index (χ1v) is 10.4. The number of unbranched alkanes of at least 4 members (excludes halogenated alkanes) is 1. The van der Waals surface area contributed by atoms with Crippen LogP contribution in [0.15, 0.2) is 52.2 Å². The van der Waals surface area contributed by atoms with Gasteiger partial charge >= 0.3 is 17.6 Å². The van der Waals surface area contributed by atoms with Crippen LogP contribution in [0.2, 0.25) is 0 Å². The predicted octanol–water partition coefficient (Wildman–Crippen LogP) is 1.82. The zero-order chi connectivity index (χ0) is 23.1. The van der Waals surface area contributed by atoms with Crippen LogP contribution in [0, 0.1) is 0 Å². The Hall–Kier alpha value is -3.24. The van der Waals surface area contributed by atoms with Gasteiger partial charge in [0.2, 0.25) is 6.29 Å². The number of ether oxygens (including phenoxy) is 4. The molecule has 2 aromatic rings. The second-order valence-electron chi connectivity index (χ2n) is 7.27. The van der Waals surface area contributed by atoms with Gasteiger partial charge in [0.1, 0.15) is 6.73 Å². The Kier molecular flexibility index (Phi) is 7.96. The van der Waals surface area contributed by atoms with Crippen LogP contribution in [0.1, 0.15) is 49.7 Å². The lowest BCUT2D eigenvalue weighted by atomic mass is 10.2. The van der Waals surface area contributed by atoms with E-state index >= 15 is 0 Å². The number of carbonyl (C=O) groups excluding carboxylic acids is 2. The molecule has 1 aliphatic rings. The molecule has 32 heavy (non-hydrogen) atoms. The smallest absolute Gasteiger partial charge is 0.338 e. The zero-order valence-corrected chi connectivity index (χ0v) is 18.0. The highest BCUT2D eigenvalue weighted by Gasteiger charge is 2.41. The molecule has 0 spiro atoms. The van der Waals surface area contributed by atoms with E-state index in [1.807, 2.05) is 6.92 Å². The van der Waals surface area contributed by atoms with Gasteiger partial charge in [-0.1, -0.05) is 31.5 Å². The maximum absolute atomic E-state index is 13.0. The maximum atomic E-state index is 13.0. The number of rotatable bonds is 9. The Labute approximate surface area is 184 Å². The van der Waals surface area contributed by atoms with Gasteiger partial charge in [-0.2, -0.15) is 0 Å². The molecule has 1 fully saturated rings. The molecule has 0 N–H and O–H groups in total. The summed E-state index contributed by atoms with van der Waals surface area (Å²) in [5.41, 5.74) is -0.901. The molecule has 1 aromatic heterocycles. The van der Waals surface area contributed by atoms with E-state index in [1.165, 1.54) is 19.2 Å². The summed E-state index contributed by atoms with van der Waals surface area (Å²) in [7, 11) is 0. The average Bonchev–Trinajstić information content (AvgIpc) is 3.14. The average molecular weight is 446 g/mol. The van der Waals surface area contributed by atoms with E-state index in [0.717, 1.165) is 22.0 Å². The van der Waals surface area contributed by atoms with Gasteiger partial charge in [0, 0.05) is 25.8 Å². The normalized spacial score (nSPS) is 20.1. The molecular weight excluding hydrogens is 420 g/mol. The summed E-state index contributed by atoms with van der Waals surface area (Å²) in [6, 6.07) is 9.54. The van der Waals surface area contributed by atoms with Gasteiger partial charge < -0.3 is 18.9 Å². The molecule has 0 saturated carbocycles. The minimum Gasteiger partial charge on any atom is -0.454 e. The lowest BCUT2D eigenvalue weighted by Gasteiger charge is -2.21. The fourth-order valence-electron chi connectivity index (χ4n) is 3.24. The Morgan fingerprint density at radius 3 is 2.56 bits per heavy atom. The number of benzene rings is 1. The predicted molar refractivity (Wildman–Crippen MR) is 112 cm³/mol. The monoisotopic (exact) mass is 446 g/mol. The Morgan fingerprint density at radius 2 is 1.88 bits per heavy atom. The Bertz CT molecular complexity index is 1050. The van der Waals surface area contributed by atoms with Crippen molar-refractivity contribution in [3.8, 4) is 0 Å². The molecule has 3 atom stereocenters. The standard InChI is InChI=1S/C22H26N2O8/c1-3-4-12-29-14-24-18(26)10-11-23(22(24)28)20-17(13-19(32-20)30-15(2)25)31-21(27)16-8-6-5-7-9-16/h5-11,17,19-20H,3-4,12-14H2,1-2H3/t17?,19?,20-/m1/s1. The quantitative estimate of drug-likeness (QED) is 0.423. The van der Waals surface area contributed by atoms with Crippen LogP contribution in [0.4, 0.5) is 0 Å². The van der Waals surface area contributed by atoms with Crippen LogP contribution in [0.25, 0.3) is 0 Å². The van der Waals surface area contributed by atoms with E-state index in [9.17, 15) is 19.2 Å². The van der Waals surface area contributed by atoms with Crippen molar-refractivity contribution in [1.82, 2.24) is 9.13 Å². The van der Waals surface area contributed by atoms with Crippen LogP contribution < -0.4 is 11.2 Å². The van der Waals surface area contributed by atoms with Gasteiger partial charge in [0.15, 0.2) is 12.3 Å². The first-order chi connectivity index (χ1) is 15.4. The second-order valence-corrected chi connectivity index (χ2v) is 7.27. The summed E-state index contributed by atoms with van der Waals surface area (Å²) >= 11 is 0. The van der Waals surface area contributed by atoms with Crippen LogP contribution >= 0.6 is 0 Å². The maximum Gasteiger partial charge on any atom is 0.338 e. The molecule has 10 heteroatoms. The fraction of sp³-hybridized carbons (Fsp3) is 0.455. The fourth-order valence-corrected chi connectivity index (χ4v) is 3.24. The van der Waals surface area contributed by atoms with Crippen molar-refractivity contribution in [3.05, 3.63) is 69.0 Å². The summed E-state index contributed by atoms with van der Waals surface area (Å²) in [5, 5.41) is 0. The molecule has 2 unspecified atom stereocenters. The highest BCUT2D eigenvalue weighted by Crippen LogP contribution is 2.31. The SMILES string of the molecule is CCCCOCn1c(=O)ccn([C@@H]2OC(OC(C)=O)CC2OC(=O)c2ccccc2)c1=O. The summed E-state index contributed by atoms with van der Waals surface area (Å²) in [5.74, 6) is -1.19. The lowest BCUT2D eigenvalue weighted by molar-refractivity contribution is -0.180. The van der Waals surface area contributed by atoms with Gasteiger partial charge in [-0.05, 0) is 18.6 Å². The van der Waals surface area contributed by atoms with Gasteiger partial charge in [0.25, 0.3) is 5.56 Å².